The van der Waals surface area contributed by atoms with Crippen LogP contribution in [0.15, 0.2) is 18.2 Å². The Labute approximate surface area is 130 Å². The first kappa shape index (κ1) is 17.5. The quantitative estimate of drug-likeness (QED) is 0.755. The van der Waals surface area contributed by atoms with Gasteiger partial charge in [-0.2, -0.15) is 0 Å². The molecule has 116 valence electrons. The van der Waals surface area contributed by atoms with Gasteiger partial charge in [-0.25, -0.2) is 0 Å². The third-order valence-corrected chi connectivity index (χ3v) is 3.22. The van der Waals surface area contributed by atoms with Gasteiger partial charge in [0.1, 0.15) is 0 Å². The molecule has 1 atom stereocenters. The molecule has 1 rings (SSSR count). The number of anilines is 2. The van der Waals surface area contributed by atoms with Crippen LogP contribution in [0.25, 0.3) is 0 Å². The number of hydrogen-bond donors (Lipinski definition) is 3. The number of nitrogens with one attached hydrogen (secondary N) is 2. The van der Waals surface area contributed by atoms with Crippen LogP contribution >= 0.6 is 11.6 Å². The maximum atomic E-state index is 12.0. The molecule has 2 amide bonds. The van der Waals surface area contributed by atoms with Gasteiger partial charge in [0.25, 0.3) is 0 Å². The summed E-state index contributed by atoms with van der Waals surface area (Å²) in [6, 6.07) is 4.33. The predicted molar refractivity (Wildman–Crippen MR) is 86.4 cm³/mol. The van der Waals surface area contributed by atoms with Crippen LogP contribution in [0.3, 0.4) is 0 Å². The van der Waals surface area contributed by atoms with E-state index in [1.165, 1.54) is 0 Å². The molecule has 6 heteroatoms. The van der Waals surface area contributed by atoms with Gasteiger partial charge < -0.3 is 16.4 Å². The normalized spacial score (nSPS) is 12.1. The van der Waals surface area contributed by atoms with E-state index in [1.807, 2.05) is 13.8 Å². The lowest BCUT2D eigenvalue weighted by Crippen LogP contribution is -2.36. The Kier molecular flexibility index (Phi) is 6.65. The molecule has 0 bridgehead atoms. The van der Waals surface area contributed by atoms with Gasteiger partial charge >= 0.3 is 0 Å². The molecule has 21 heavy (non-hydrogen) atoms. The van der Waals surface area contributed by atoms with E-state index >= 15 is 0 Å². The average Bonchev–Trinajstić information content (AvgIpc) is 2.41. The van der Waals surface area contributed by atoms with Crippen LogP contribution in [0.5, 0.6) is 0 Å². The maximum Gasteiger partial charge on any atom is 0.241 e. The van der Waals surface area contributed by atoms with E-state index in [9.17, 15) is 9.59 Å². The monoisotopic (exact) mass is 311 g/mol. The zero-order valence-corrected chi connectivity index (χ0v) is 13.3. The summed E-state index contributed by atoms with van der Waals surface area (Å²) in [5.74, 6) is -0.0629. The first-order valence-electron chi connectivity index (χ1n) is 6.99. The van der Waals surface area contributed by atoms with Crippen LogP contribution in [0.2, 0.25) is 5.02 Å². The fourth-order valence-corrected chi connectivity index (χ4v) is 1.95. The molecule has 0 fully saturated rings. The van der Waals surface area contributed by atoms with Crippen molar-refractivity contribution >= 4 is 34.8 Å². The molecule has 0 saturated heterocycles. The molecule has 1 aromatic carbocycles. The number of nitrogens with two attached hydrogens (primary N) is 1. The van der Waals surface area contributed by atoms with Crippen molar-refractivity contribution in [1.29, 1.82) is 0 Å². The summed E-state index contributed by atoms with van der Waals surface area (Å²) in [5, 5.41) is 5.81. The Morgan fingerprint density at radius 2 is 1.95 bits per heavy atom. The molecule has 0 aliphatic carbocycles. The highest BCUT2D eigenvalue weighted by Gasteiger charge is 2.16. The van der Waals surface area contributed by atoms with Gasteiger partial charge in [-0.05, 0) is 30.5 Å². The minimum Gasteiger partial charge on any atom is -0.326 e. The number of carbonyl (C=O) groups excluding carboxylic acids is 2. The van der Waals surface area contributed by atoms with Crippen molar-refractivity contribution in [3.63, 3.8) is 0 Å². The van der Waals surface area contributed by atoms with Gasteiger partial charge in [0.15, 0.2) is 0 Å². The molecule has 1 aromatic rings. The number of carbonyl (C=O) groups is 2. The molecule has 0 aliphatic heterocycles. The average molecular weight is 312 g/mol. The molecule has 0 radical (unpaired) electrons. The van der Waals surface area contributed by atoms with Crippen LogP contribution in [0.1, 0.15) is 33.6 Å². The SMILES string of the molecule is CCC(=O)Nc1ccc(Cl)c(NC(=O)[C@@H](N)CC(C)C)c1. The Hall–Kier alpha value is -1.59. The zero-order chi connectivity index (χ0) is 16.0. The van der Waals surface area contributed by atoms with Gasteiger partial charge in [0, 0.05) is 12.1 Å². The zero-order valence-electron chi connectivity index (χ0n) is 12.6. The number of benzene rings is 1. The highest BCUT2D eigenvalue weighted by atomic mass is 35.5. The van der Waals surface area contributed by atoms with Gasteiger partial charge in [0.05, 0.1) is 16.8 Å². The van der Waals surface area contributed by atoms with E-state index < -0.39 is 6.04 Å². The molecule has 0 saturated carbocycles. The largest absolute Gasteiger partial charge is 0.326 e. The summed E-state index contributed by atoms with van der Waals surface area (Å²) in [4.78, 5) is 23.4. The second-order valence-electron chi connectivity index (χ2n) is 5.32. The van der Waals surface area contributed by atoms with E-state index in [0.29, 0.717) is 35.2 Å². The molecule has 4 N–H and O–H groups in total. The van der Waals surface area contributed by atoms with Gasteiger partial charge in [-0.1, -0.05) is 32.4 Å². The second-order valence-corrected chi connectivity index (χ2v) is 5.73. The van der Waals surface area contributed by atoms with Crippen molar-refractivity contribution < 1.29 is 9.59 Å². The van der Waals surface area contributed by atoms with Crippen molar-refractivity contribution in [2.75, 3.05) is 10.6 Å². The first-order valence-corrected chi connectivity index (χ1v) is 7.37. The summed E-state index contributed by atoms with van der Waals surface area (Å²) in [7, 11) is 0. The number of halogens is 1. The van der Waals surface area contributed by atoms with E-state index in [0.717, 1.165) is 0 Å². The molecule has 0 aromatic heterocycles. The smallest absolute Gasteiger partial charge is 0.241 e. The van der Waals surface area contributed by atoms with Crippen molar-refractivity contribution in [2.24, 2.45) is 11.7 Å². The van der Waals surface area contributed by atoms with E-state index in [2.05, 4.69) is 10.6 Å². The fraction of sp³-hybridized carbons (Fsp3) is 0.467. The summed E-state index contributed by atoms with van der Waals surface area (Å²) in [5.41, 5.74) is 6.85. The predicted octanol–water partition coefficient (Wildman–Crippen LogP) is 3.00. The molecular weight excluding hydrogens is 290 g/mol. The standard InChI is InChI=1S/C15H22ClN3O2/c1-4-14(20)18-10-5-6-11(16)13(8-10)19-15(21)12(17)7-9(2)3/h5-6,8-9,12H,4,7,17H2,1-3H3,(H,18,20)(H,19,21)/t12-/m0/s1. The summed E-state index contributed by atoms with van der Waals surface area (Å²) >= 11 is 6.05. The lowest BCUT2D eigenvalue weighted by Gasteiger charge is -2.15. The van der Waals surface area contributed by atoms with Crippen molar-refractivity contribution in [1.82, 2.24) is 0 Å². The van der Waals surface area contributed by atoms with Crippen molar-refractivity contribution in [3.8, 4) is 0 Å². The highest BCUT2D eigenvalue weighted by molar-refractivity contribution is 6.34. The summed E-state index contributed by atoms with van der Waals surface area (Å²) in [6.07, 6.45) is 0.972. The minimum absolute atomic E-state index is 0.105. The molecular formula is C15H22ClN3O2. The molecule has 0 unspecified atom stereocenters. The maximum absolute atomic E-state index is 12.0. The Balaban J connectivity index is 2.80. The Morgan fingerprint density at radius 1 is 1.29 bits per heavy atom. The fourth-order valence-electron chi connectivity index (χ4n) is 1.79. The molecule has 0 spiro atoms. The lowest BCUT2D eigenvalue weighted by atomic mass is 10.0. The summed E-state index contributed by atoms with van der Waals surface area (Å²) in [6.45, 7) is 5.76. The number of amides is 2. The summed E-state index contributed by atoms with van der Waals surface area (Å²) < 4.78 is 0. The first-order chi connectivity index (χ1) is 9.83. The van der Waals surface area contributed by atoms with Crippen LogP contribution < -0.4 is 16.4 Å². The number of hydrogen-bond acceptors (Lipinski definition) is 3. The Bertz CT molecular complexity index is 518. The van der Waals surface area contributed by atoms with Crippen LogP contribution in [0, 0.1) is 5.92 Å². The molecule has 0 aliphatic rings. The molecule has 5 nitrogen and oxygen atoms in total. The second kappa shape index (κ2) is 8.00. The third kappa shape index (κ3) is 5.73. The van der Waals surface area contributed by atoms with Crippen molar-refractivity contribution in [3.05, 3.63) is 23.2 Å². The topological polar surface area (TPSA) is 84.2 Å². The Morgan fingerprint density at radius 3 is 2.52 bits per heavy atom. The van der Waals surface area contributed by atoms with Gasteiger partial charge in [-0.15, -0.1) is 0 Å². The lowest BCUT2D eigenvalue weighted by molar-refractivity contribution is -0.118. The van der Waals surface area contributed by atoms with Crippen molar-refractivity contribution in [2.45, 2.75) is 39.7 Å². The van der Waals surface area contributed by atoms with Crippen LogP contribution in [0.4, 0.5) is 11.4 Å². The van der Waals surface area contributed by atoms with Gasteiger partial charge in [-0.3, -0.25) is 9.59 Å². The highest BCUT2D eigenvalue weighted by Crippen LogP contribution is 2.26. The van der Waals surface area contributed by atoms with Crippen LogP contribution in [-0.2, 0) is 9.59 Å². The van der Waals surface area contributed by atoms with E-state index in [4.69, 9.17) is 17.3 Å². The number of rotatable bonds is 6. The third-order valence-electron chi connectivity index (χ3n) is 2.89. The minimum atomic E-state index is -0.588. The molecule has 0 heterocycles. The van der Waals surface area contributed by atoms with E-state index in [1.54, 1.807) is 25.1 Å². The van der Waals surface area contributed by atoms with Gasteiger partial charge in [0.2, 0.25) is 11.8 Å². The van der Waals surface area contributed by atoms with Crippen LogP contribution in [-0.4, -0.2) is 17.9 Å². The van der Waals surface area contributed by atoms with E-state index in [-0.39, 0.29) is 11.8 Å².